The average molecular weight is 372 g/mol. The van der Waals surface area contributed by atoms with Gasteiger partial charge in [-0.25, -0.2) is 0 Å². The van der Waals surface area contributed by atoms with Gasteiger partial charge in [-0.15, -0.1) is 11.3 Å². The number of hydrogen-bond acceptors (Lipinski definition) is 4. The highest BCUT2D eigenvalue weighted by Gasteiger charge is 2.25. The largest absolute Gasteiger partial charge is 0.390 e. The first-order valence-corrected chi connectivity index (χ1v) is 9.56. The zero-order valence-electron chi connectivity index (χ0n) is 15.1. The number of fused-ring (bicyclic) bond motifs is 1. The minimum atomic E-state index is -0.722. The highest BCUT2D eigenvalue weighted by atomic mass is 32.1. The molecule has 1 aromatic heterocycles. The van der Waals surface area contributed by atoms with Gasteiger partial charge in [0.1, 0.15) is 0 Å². The van der Waals surface area contributed by atoms with Gasteiger partial charge in [0.25, 0.3) is 11.8 Å². The lowest BCUT2D eigenvalue weighted by Gasteiger charge is -2.27. The van der Waals surface area contributed by atoms with E-state index >= 15 is 0 Å². The Morgan fingerprint density at radius 2 is 2.08 bits per heavy atom. The standard InChI is InChI=1S/C20H24N2O3S/c1-20(2,25)8-6-13-4-3-5-14(10-13)19(24)22-9-7-16-15(12-22)11-17(26-16)18(21)23/h3-5,10-11,25H,6-9,12H2,1-2H3,(H2,21,23). The Balaban J connectivity index is 1.72. The van der Waals surface area contributed by atoms with Gasteiger partial charge < -0.3 is 15.7 Å². The van der Waals surface area contributed by atoms with Crippen LogP contribution in [0.4, 0.5) is 0 Å². The Morgan fingerprint density at radius 3 is 2.77 bits per heavy atom. The number of benzene rings is 1. The molecular weight excluding hydrogens is 348 g/mol. The summed E-state index contributed by atoms with van der Waals surface area (Å²) >= 11 is 1.43. The predicted molar refractivity (Wildman–Crippen MR) is 102 cm³/mol. The maximum atomic E-state index is 12.9. The van der Waals surface area contributed by atoms with Crippen molar-refractivity contribution >= 4 is 23.2 Å². The fraction of sp³-hybridized carbons (Fsp3) is 0.400. The van der Waals surface area contributed by atoms with Crippen LogP contribution < -0.4 is 5.73 Å². The Hall–Kier alpha value is -2.18. The Kier molecular flexibility index (Phi) is 5.16. The lowest BCUT2D eigenvalue weighted by Crippen LogP contribution is -2.35. The molecule has 6 heteroatoms. The van der Waals surface area contributed by atoms with Crippen LogP contribution in [-0.2, 0) is 19.4 Å². The topological polar surface area (TPSA) is 83.6 Å². The van der Waals surface area contributed by atoms with Gasteiger partial charge in [-0.1, -0.05) is 12.1 Å². The molecule has 3 N–H and O–H groups in total. The van der Waals surface area contributed by atoms with Crippen molar-refractivity contribution in [3.8, 4) is 0 Å². The van der Waals surface area contributed by atoms with Crippen molar-refractivity contribution in [2.24, 2.45) is 5.73 Å². The Bertz CT molecular complexity index is 836. The molecule has 0 fully saturated rings. The van der Waals surface area contributed by atoms with Crippen molar-refractivity contribution in [3.05, 3.63) is 56.8 Å². The fourth-order valence-electron chi connectivity index (χ4n) is 3.12. The third-order valence-corrected chi connectivity index (χ3v) is 5.85. The summed E-state index contributed by atoms with van der Waals surface area (Å²) in [6.07, 6.45) is 2.11. The number of aryl methyl sites for hydroxylation is 1. The van der Waals surface area contributed by atoms with Crippen molar-refractivity contribution in [2.45, 2.75) is 45.3 Å². The molecule has 26 heavy (non-hydrogen) atoms. The molecule has 2 heterocycles. The van der Waals surface area contributed by atoms with Gasteiger partial charge in [-0.05, 0) is 62.4 Å². The molecule has 1 aliphatic rings. The van der Waals surface area contributed by atoms with Crippen molar-refractivity contribution < 1.29 is 14.7 Å². The number of thiophene rings is 1. The normalized spacial score (nSPS) is 14.2. The second kappa shape index (κ2) is 7.21. The molecule has 0 bridgehead atoms. The second-order valence-electron chi connectivity index (χ2n) is 7.41. The van der Waals surface area contributed by atoms with Gasteiger partial charge in [0, 0.05) is 23.5 Å². The van der Waals surface area contributed by atoms with Crippen LogP contribution in [0.5, 0.6) is 0 Å². The number of primary amides is 1. The summed E-state index contributed by atoms with van der Waals surface area (Å²) in [6.45, 7) is 4.72. The molecule has 3 rings (SSSR count). The summed E-state index contributed by atoms with van der Waals surface area (Å²) in [4.78, 5) is 27.8. The van der Waals surface area contributed by atoms with E-state index in [0.717, 1.165) is 28.8 Å². The number of carbonyl (C=O) groups excluding carboxylic acids is 2. The molecule has 2 amide bonds. The van der Waals surface area contributed by atoms with Crippen molar-refractivity contribution in [1.29, 1.82) is 0 Å². The first-order valence-electron chi connectivity index (χ1n) is 8.75. The van der Waals surface area contributed by atoms with Crippen LogP contribution in [0, 0.1) is 0 Å². The molecule has 0 atom stereocenters. The van der Waals surface area contributed by atoms with Gasteiger partial charge in [0.2, 0.25) is 0 Å². The highest BCUT2D eigenvalue weighted by Crippen LogP contribution is 2.28. The van der Waals surface area contributed by atoms with E-state index in [-0.39, 0.29) is 5.91 Å². The highest BCUT2D eigenvalue weighted by molar-refractivity contribution is 7.14. The predicted octanol–water partition coefficient (Wildman–Crippen LogP) is 2.75. The van der Waals surface area contributed by atoms with Crippen LogP contribution >= 0.6 is 11.3 Å². The van der Waals surface area contributed by atoms with Gasteiger partial charge in [-0.2, -0.15) is 0 Å². The lowest BCUT2D eigenvalue weighted by atomic mass is 9.97. The molecule has 0 saturated carbocycles. The number of nitrogens with two attached hydrogens (primary N) is 1. The molecule has 0 saturated heterocycles. The molecule has 5 nitrogen and oxygen atoms in total. The van der Waals surface area contributed by atoms with Crippen LogP contribution in [0.3, 0.4) is 0 Å². The van der Waals surface area contributed by atoms with E-state index in [9.17, 15) is 14.7 Å². The van der Waals surface area contributed by atoms with E-state index in [4.69, 9.17) is 5.73 Å². The molecule has 0 unspecified atom stereocenters. The number of hydrogen-bond donors (Lipinski definition) is 2. The minimum absolute atomic E-state index is 0.00687. The van der Waals surface area contributed by atoms with Gasteiger partial charge in [0.15, 0.2) is 0 Å². The molecule has 1 aromatic carbocycles. The summed E-state index contributed by atoms with van der Waals surface area (Å²) in [5, 5.41) is 9.89. The molecule has 1 aliphatic heterocycles. The molecule has 0 aliphatic carbocycles. The number of nitrogens with zero attached hydrogens (tertiary/aromatic N) is 1. The van der Waals surface area contributed by atoms with E-state index in [1.165, 1.54) is 11.3 Å². The Morgan fingerprint density at radius 1 is 1.31 bits per heavy atom. The van der Waals surface area contributed by atoms with E-state index in [0.29, 0.717) is 30.0 Å². The first kappa shape index (κ1) is 18.6. The monoisotopic (exact) mass is 372 g/mol. The van der Waals surface area contributed by atoms with E-state index in [2.05, 4.69) is 0 Å². The van der Waals surface area contributed by atoms with Crippen LogP contribution in [0.25, 0.3) is 0 Å². The summed E-state index contributed by atoms with van der Waals surface area (Å²) in [5.74, 6) is -0.422. The van der Waals surface area contributed by atoms with E-state index in [1.54, 1.807) is 13.8 Å². The lowest BCUT2D eigenvalue weighted by molar-refractivity contribution is 0.0714. The summed E-state index contributed by atoms with van der Waals surface area (Å²) in [7, 11) is 0. The van der Waals surface area contributed by atoms with Crippen LogP contribution in [0.15, 0.2) is 30.3 Å². The van der Waals surface area contributed by atoms with E-state index < -0.39 is 11.5 Å². The summed E-state index contributed by atoms with van der Waals surface area (Å²) in [6, 6.07) is 9.41. The number of carbonyl (C=O) groups is 2. The third kappa shape index (κ3) is 4.31. The van der Waals surface area contributed by atoms with Crippen molar-refractivity contribution in [2.75, 3.05) is 6.54 Å². The second-order valence-corrected chi connectivity index (χ2v) is 8.55. The number of rotatable bonds is 5. The smallest absolute Gasteiger partial charge is 0.258 e. The van der Waals surface area contributed by atoms with Crippen LogP contribution in [-0.4, -0.2) is 34.0 Å². The molecule has 0 radical (unpaired) electrons. The summed E-state index contributed by atoms with van der Waals surface area (Å²) < 4.78 is 0. The van der Waals surface area contributed by atoms with Crippen molar-refractivity contribution in [1.82, 2.24) is 4.90 Å². The van der Waals surface area contributed by atoms with Gasteiger partial charge >= 0.3 is 0 Å². The van der Waals surface area contributed by atoms with Gasteiger partial charge in [0.05, 0.1) is 10.5 Å². The van der Waals surface area contributed by atoms with Crippen molar-refractivity contribution in [3.63, 3.8) is 0 Å². The first-order chi connectivity index (χ1) is 12.2. The molecular formula is C20H24N2O3S. The maximum absolute atomic E-state index is 12.9. The number of aliphatic hydroxyl groups is 1. The van der Waals surface area contributed by atoms with E-state index in [1.807, 2.05) is 35.2 Å². The Labute approximate surface area is 157 Å². The molecule has 138 valence electrons. The third-order valence-electron chi connectivity index (χ3n) is 4.60. The fourth-order valence-corrected chi connectivity index (χ4v) is 4.14. The van der Waals surface area contributed by atoms with Crippen LogP contribution in [0.2, 0.25) is 0 Å². The molecule has 2 aromatic rings. The minimum Gasteiger partial charge on any atom is -0.390 e. The molecule has 0 spiro atoms. The zero-order chi connectivity index (χ0) is 18.9. The van der Waals surface area contributed by atoms with Gasteiger partial charge in [-0.3, -0.25) is 9.59 Å². The maximum Gasteiger partial charge on any atom is 0.258 e. The average Bonchev–Trinajstić information content (AvgIpc) is 3.02. The zero-order valence-corrected chi connectivity index (χ0v) is 15.9. The summed E-state index contributed by atoms with van der Waals surface area (Å²) in [5.41, 5.74) is 7.36. The number of amides is 2. The quantitative estimate of drug-likeness (QED) is 0.846. The van der Waals surface area contributed by atoms with Crippen LogP contribution in [0.1, 0.15) is 56.3 Å². The SMILES string of the molecule is CC(C)(O)CCc1cccc(C(=O)N2CCc3sc(C(N)=O)cc3C2)c1.